The van der Waals surface area contributed by atoms with Crippen molar-refractivity contribution in [3.63, 3.8) is 0 Å². The Hall–Kier alpha value is -1.03. The summed E-state index contributed by atoms with van der Waals surface area (Å²) >= 11 is 0. The first-order valence-electron chi connectivity index (χ1n) is 3.08. The fourth-order valence-corrected chi connectivity index (χ4v) is 0.706. The molecule has 0 saturated carbocycles. The summed E-state index contributed by atoms with van der Waals surface area (Å²) in [6, 6.07) is 2.72. The van der Waals surface area contributed by atoms with Crippen LogP contribution in [-0.4, -0.2) is 16.5 Å². The first-order valence-corrected chi connectivity index (χ1v) is 3.08. The van der Waals surface area contributed by atoms with Crippen LogP contribution in [0.3, 0.4) is 0 Å². The molecule has 0 spiro atoms. The Bertz CT molecular complexity index is 215. The number of pyridine rings is 1. The van der Waals surface area contributed by atoms with Gasteiger partial charge in [0.2, 0.25) is 0 Å². The molecule has 1 aromatic rings. The molecule has 11 heavy (non-hydrogen) atoms. The smallest absolute Gasteiger partial charge is 0.268 e. The van der Waals surface area contributed by atoms with Gasteiger partial charge in [0, 0.05) is 12.4 Å². The van der Waals surface area contributed by atoms with Gasteiger partial charge < -0.3 is 5.11 Å². The van der Waals surface area contributed by atoms with Gasteiger partial charge in [-0.1, -0.05) is 0 Å². The fraction of sp³-hybridized carbons (Fsp3) is 0.286. The van der Waals surface area contributed by atoms with E-state index >= 15 is 0 Å². The molecule has 1 atom stereocenters. The van der Waals surface area contributed by atoms with Crippen LogP contribution in [0.4, 0.5) is 8.78 Å². The van der Waals surface area contributed by atoms with Gasteiger partial charge in [0.15, 0.2) is 0 Å². The number of nitrogens with zero attached hydrogens (tertiary/aromatic N) is 1. The number of hydrogen-bond acceptors (Lipinski definition) is 2. The third-order valence-electron chi connectivity index (χ3n) is 1.29. The molecular formula is C7H7F2NO. The van der Waals surface area contributed by atoms with E-state index in [4.69, 9.17) is 5.11 Å². The van der Waals surface area contributed by atoms with Crippen LogP contribution in [0.15, 0.2) is 24.5 Å². The molecule has 1 heterocycles. The van der Waals surface area contributed by atoms with Crippen molar-refractivity contribution in [3.05, 3.63) is 30.1 Å². The third-order valence-corrected chi connectivity index (χ3v) is 1.29. The zero-order valence-corrected chi connectivity index (χ0v) is 5.61. The highest BCUT2D eigenvalue weighted by Crippen LogP contribution is 2.18. The molecule has 4 heteroatoms. The van der Waals surface area contributed by atoms with Gasteiger partial charge in [-0.05, 0) is 17.7 Å². The summed E-state index contributed by atoms with van der Waals surface area (Å²) in [4.78, 5) is 3.63. The number of alkyl halides is 2. The second-order valence-corrected chi connectivity index (χ2v) is 2.06. The Morgan fingerprint density at radius 3 is 2.27 bits per heavy atom. The average molecular weight is 159 g/mol. The highest BCUT2D eigenvalue weighted by atomic mass is 19.3. The predicted molar refractivity (Wildman–Crippen MR) is 35.2 cm³/mol. The van der Waals surface area contributed by atoms with Gasteiger partial charge >= 0.3 is 0 Å². The van der Waals surface area contributed by atoms with E-state index in [1.54, 1.807) is 0 Å². The normalized spacial score (nSPS) is 13.5. The van der Waals surface area contributed by atoms with Crippen molar-refractivity contribution in [2.75, 3.05) is 0 Å². The van der Waals surface area contributed by atoms with Crippen molar-refractivity contribution in [1.29, 1.82) is 0 Å². The fourth-order valence-electron chi connectivity index (χ4n) is 0.706. The Kier molecular flexibility index (Phi) is 2.48. The first-order chi connectivity index (χ1) is 5.22. The summed E-state index contributed by atoms with van der Waals surface area (Å²) in [5, 5.41) is 8.82. The quantitative estimate of drug-likeness (QED) is 0.707. The van der Waals surface area contributed by atoms with Crippen LogP contribution in [0, 0.1) is 0 Å². The summed E-state index contributed by atoms with van der Waals surface area (Å²) < 4.78 is 23.7. The minimum atomic E-state index is -2.74. The maximum atomic E-state index is 11.8. The lowest BCUT2D eigenvalue weighted by atomic mass is 10.1. The summed E-state index contributed by atoms with van der Waals surface area (Å²) in [6.45, 7) is 0. The van der Waals surface area contributed by atoms with E-state index in [1.807, 2.05) is 0 Å². The van der Waals surface area contributed by atoms with Crippen LogP contribution in [-0.2, 0) is 0 Å². The third kappa shape index (κ3) is 1.94. The second-order valence-electron chi connectivity index (χ2n) is 2.06. The van der Waals surface area contributed by atoms with Crippen LogP contribution in [0.5, 0.6) is 0 Å². The zero-order valence-electron chi connectivity index (χ0n) is 5.61. The van der Waals surface area contributed by atoms with Gasteiger partial charge in [-0.15, -0.1) is 0 Å². The summed E-state index contributed by atoms with van der Waals surface area (Å²) in [6.07, 6.45) is -1.71. The Labute approximate surface area is 62.5 Å². The van der Waals surface area contributed by atoms with Gasteiger partial charge in [0.25, 0.3) is 6.43 Å². The minimum Gasteiger partial charge on any atom is -0.382 e. The molecule has 0 amide bonds. The zero-order chi connectivity index (χ0) is 8.27. The van der Waals surface area contributed by atoms with Crippen LogP contribution in [0.1, 0.15) is 11.7 Å². The first kappa shape index (κ1) is 8.07. The molecule has 1 aromatic heterocycles. The molecule has 1 unspecified atom stereocenters. The molecule has 1 N–H and O–H groups in total. The molecule has 60 valence electrons. The topological polar surface area (TPSA) is 33.1 Å². The van der Waals surface area contributed by atoms with Crippen molar-refractivity contribution in [3.8, 4) is 0 Å². The van der Waals surface area contributed by atoms with E-state index in [0.717, 1.165) is 0 Å². The van der Waals surface area contributed by atoms with Crippen LogP contribution >= 0.6 is 0 Å². The molecule has 2 nitrogen and oxygen atoms in total. The number of rotatable bonds is 2. The number of aliphatic hydroxyl groups excluding tert-OH is 1. The van der Waals surface area contributed by atoms with E-state index < -0.39 is 12.5 Å². The lowest BCUT2D eigenvalue weighted by Gasteiger charge is -2.07. The SMILES string of the molecule is OC(c1ccncc1)C(F)F. The highest BCUT2D eigenvalue weighted by Gasteiger charge is 2.17. The number of halogens is 2. The van der Waals surface area contributed by atoms with Crippen molar-refractivity contribution < 1.29 is 13.9 Å². The van der Waals surface area contributed by atoms with E-state index in [1.165, 1.54) is 24.5 Å². The van der Waals surface area contributed by atoms with Gasteiger partial charge in [-0.25, -0.2) is 8.78 Å². The van der Waals surface area contributed by atoms with Gasteiger partial charge in [0.05, 0.1) is 0 Å². The molecule has 0 aromatic carbocycles. The Balaban J connectivity index is 2.77. The Morgan fingerprint density at radius 2 is 1.82 bits per heavy atom. The van der Waals surface area contributed by atoms with Crippen LogP contribution in [0.25, 0.3) is 0 Å². The number of aromatic nitrogens is 1. The lowest BCUT2D eigenvalue weighted by Crippen LogP contribution is -2.07. The molecular weight excluding hydrogens is 152 g/mol. The number of hydrogen-bond donors (Lipinski definition) is 1. The van der Waals surface area contributed by atoms with Crippen molar-refractivity contribution in [2.45, 2.75) is 12.5 Å². The molecule has 0 aliphatic rings. The predicted octanol–water partition coefficient (Wildman–Crippen LogP) is 1.38. The van der Waals surface area contributed by atoms with Crippen LogP contribution < -0.4 is 0 Å². The van der Waals surface area contributed by atoms with E-state index in [-0.39, 0.29) is 5.56 Å². The van der Waals surface area contributed by atoms with Crippen molar-refractivity contribution in [2.24, 2.45) is 0 Å². The summed E-state index contributed by atoms with van der Waals surface area (Å²) in [5.41, 5.74) is 0.190. The molecule has 0 fully saturated rings. The summed E-state index contributed by atoms with van der Waals surface area (Å²) in [5.74, 6) is 0. The maximum Gasteiger partial charge on any atom is 0.268 e. The largest absolute Gasteiger partial charge is 0.382 e. The lowest BCUT2D eigenvalue weighted by molar-refractivity contribution is -0.00582. The standard InChI is InChI=1S/C7H7F2NO/c8-7(9)6(11)5-1-3-10-4-2-5/h1-4,6-7,11H. The molecule has 0 radical (unpaired) electrons. The van der Waals surface area contributed by atoms with E-state index in [2.05, 4.69) is 4.98 Å². The molecule has 0 bridgehead atoms. The van der Waals surface area contributed by atoms with E-state index in [0.29, 0.717) is 0 Å². The van der Waals surface area contributed by atoms with Crippen molar-refractivity contribution >= 4 is 0 Å². The average Bonchev–Trinajstić information content (AvgIpc) is 2.05. The van der Waals surface area contributed by atoms with Gasteiger partial charge in [-0.2, -0.15) is 0 Å². The van der Waals surface area contributed by atoms with Gasteiger partial charge in [0.1, 0.15) is 6.10 Å². The number of aliphatic hydroxyl groups is 1. The summed E-state index contributed by atoms with van der Waals surface area (Å²) in [7, 11) is 0. The molecule has 0 saturated heterocycles. The monoisotopic (exact) mass is 159 g/mol. The highest BCUT2D eigenvalue weighted by molar-refractivity contribution is 5.13. The maximum absolute atomic E-state index is 11.8. The van der Waals surface area contributed by atoms with Crippen LogP contribution in [0.2, 0.25) is 0 Å². The molecule has 1 rings (SSSR count). The Morgan fingerprint density at radius 1 is 1.27 bits per heavy atom. The second kappa shape index (κ2) is 3.39. The van der Waals surface area contributed by atoms with Gasteiger partial charge in [-0.3, -0.25) is 4.98 Å². The molecule has 0 aliphatic heterocycles. The minimum absolute atomic E-state index is 0.190. The molecule has 0 aliphatic carbocycles. The van der Waals surface area contributed by atoms with E-state index in [9.17, 15) is 8.78 Å². The van der Waals surface area contributed by atoms with Crippen molar-refractivity contribution in [1.82, 2.24) is 4.98 Å².